The lowest BCUT2D eigenvalue weighted by Crippen LogP contribution is -2.39. The van der Waals surface area contributed by atoms with Crippen LogP contribution in [0.1, 0.15) is 155 Å². The van der Waals surface area contributed by atoms with Crippen molar-refractivity contribution in [2.45, 2.75) is 161 Å². The Kier molecular flexibility index (Phi) is 18.5. The van der Waals surface area contributed by atoms with Gasteiger partial charge in [-0.1, -0.05) is 154 Å². The molecule has 0 bridgehead atoms. The van der Waals surface area contributed by atoms with Crippen molar-refractivity contribution >= 4 is 5.69 Å². The molecular formula is C34H60N2. The van der Waals surface area contributed by atoms with Crippen molar-refractivity contribution in [3.05, 3.63) is 42.7 Å². The van der Waals surface area contributed by atoms with E-state index in [0.29, 0.717) is 6.17 Å². The standard InChI is InChI=1S/C34H60N2/c1-3-5-7-9-10-11-12-13-14-15-16-17-18-19-21-26-30-35-31-32-36(33-27-23-22-24-28-33)34(35)29-25-20-8-6-4-2/h22-24,27-28,31-32,34H,3-21,25-26,29-30H2,1-2H3. The van der Waals surface area contributed by atoms with Gasteiger partial charge >= 0.3 is 0 Å². The third-order valence-electron chi connectivity index (χ3n) is 8.01. The molecule has 2 nitrogen and oxygen atoms in total. The summed E-state index contributed by atoms with van der Waals surface area (Å²) in [6, 6.07) is 11.0. The summed E-state index contributed by atoms with van der Waals surface area (Å²) in [6.45, 7) is 5.81. The maximum absolute atomic E-state index is 2.62. The second kappa shape index (κ2) is 21.6. The maximum Gasteiger partial charge on any atom is 0.105 e. The van der Waals surface area contributed by atoms with E-state index in [4.69, 9.17) is 0 Å². The fourth-order valence-electron chi connectivity index (χ4n) is 5.68. The van der Waals surface area contributed by atoms with Crippen LogP contribution in [0.25, 0.3) is 0 Å². The van der Waals surface area contributed by atoms with E-state index in [9.17, 15) is 0 Å². The number of hydrogen-bond donors (Lipinski definition) is 0. The van der Waals surface area contributed by atoms with Gasteiger partial charge in [0.05, 0.1) is 0 Å². The van der Waals surface area contributed by atoms with E-state index in [0.717, 1.165) is 0 Å². The Morgan fingerprint density at radius 3 is 1.44 bits per heavy atom. The zero-order chi connectivity index (χ0) is 25.5. The van der Waals surface area contributed by atoms with E-state index >= 15 is 0 Å². The number of benzene rings is 1. The van der Waals surface area contributed by atoms with Gasteiger partial charge in [-0.05, 0) is 31.4 Å². The highest BCUT2D eigenvalue weighted by molar-refractivity contribution is 5.51. The van der Waals surface area contributed by atoms with E-state index in [1.54, 1.807) is 0 Å². The summed E-state index contributed by atoms with van der Waals surface area (Å²) >= 11 is 0. The second-order valence-electron chi connectivity index (χ2n) is 11.3. The Morgan fingerprint density at radius 2 is 0.944 bits per heavy atom. The predicted molar refractivity (Wildman–Crippen MR) is 161 cm³/mol. The molecule has 0 aromatic heterocycles. The monoisotopic (exact) mass is 496 g/mol. The molecule has 1 atom stereocenters. The first-order valence-corrected chi connectivity index (χ1v) is 16.1. The van der Waals surface area contributed by atoms with E-state index in [1.165, 1.54) is 153 Å². The fraction of sp³-hybridized carbons (Fsp3) is 0.765. The van der Waals surface area contributed by atoms with Crippen LogP contribution in [0, 0.1) is 0 Å². The van der Waals surface area contributed by atoms with Crippen LogP contribution >= 0.6 is 0 Å². The van der Waals surface area contributed by atoms with Crippen molar-refractivity contribution in [2.24, 2.45) is 0 Å². The van der Waals surface area contributed by atoms with Gasteiger partial charge in [-0.2, -0.15) is 0 Å². The van der Waals surface area contributed by atoms with Gasteiger partial charge in [0.2, 0.25) is 0 Å². The molecule has 0 fully saturated rings. The lowest BCUT2D eigenvalue weighted by molar-refractivity contribution is 0.273. The van der Waals surface area contributed by atoms with Crippen molar-refractivity contribution in [1.82, 2.24) is 4.90 Å². The van der Waals surface area contributed by atoms with Crippen LogP contribution in [-0.2, 0) is 0 Å². The molecule has 1 aromatic carbocycles. The lowest BCUT2D eigenvalue weighted by atomic mass is 10.0. The van der Waals surface area contributed by atoms with Crippen LogP contribution in [0.3, 0.4) is 0 Å². The average molecular weight is 497 g/mol. The molecule has 0 aliphatic carbocycles. The molecule has 0 spiro atoms. The van der Waals surface area contributed by atoms with Crippen LogP contribution < -0.4 is 4.90 Å². The molecule has 36 heavy (non-hydrogen) atoms. The first-order chi connectivity index (χ1) is 17.9. The molecule has 1 aromatic rings. The molecule has 1 heterocycles. The van der Waals surface area contributed by atoms with Gasteiger partial charge in [0.25, 0.3) is 0 Å². The molecule has 1 aliphatic heterocycles. The zero-order valence-corrected chi connectivity index (χ0v) is 24.3. The summed E-state index contributed by atoms with van der Waals surface area (Å²) in [6.07, 6.45) is 36.3. The molecule has 0 saturated carbocycles. The topological polar surface area (TPSA) is 6.48 Å². The Morgan fingerprint density at radius 1 is 0.500 bits per heavy atom. The largest absolute Gasteiger partial charge is 0.356 e. The van der Waals surface area contributed by atoms with E-state index in [1.807, 2.05) is 0 Å². The van der Waals surface area contributed by atoms with Gasteiger partial charge in [0, 0.05) is 24.6 Å². The minimum atomic E-state index is 0.505. The van der Waals surface area contributed by atoms with Crippen molar-refractivity contribution < 1.29 is 0 Å². The molecule has 0 amide bonds. The first-order valence-electron chi connectivity index (χ1n) is 16.1. The lowest BCUT2D eigenvalue weighted by Gasteiger charge is -2.33. The minimum Gasteiger partial charge on any atom is -0.356 e. The molecule has 0 saturated heterocycles. The summed E-state index contributed by atoms with van der Waals surface area (Å²) in [4.78, 5) is 5.13. The number of hydrogen-bond acceptors (Lipinski definition) is 2. The van der Waals surface area contributed by atoms with Gasteiger partial charge in [-0.25, -0.2) is 0 Å². The molecular weight excluding hydrogens is 436 g/mol. The van der Waals surface area contributed by atoms with Crippen LogP contribution in [0.5, 0.6) is 0 Å². The van der Waals surface area contributed by atoms with Gasteiger partial charge in [-0.3, -0.25) is 0 Å². The highest BCUT2D eigenvalue weighted by Gasteiger charge is 2.26. The van der Waals surface area contributed by atoms with E-state index in [-0.39, 0.29) is 0 Å². The summed E-state index contributed by atoms with van der Waals surface area (Å²) in [5.41, 5.74) is 1.33. The third kappa shape index (κ3) is 13.8. The van der Waals surface area contributed by atoms with Crippen molar-refractivity contribution in [3.8, 4) is 0 Å². The Balaban J connectivity index is 1.51. The number of anilines is 1. The SMILES string of the molecule is CCCCCCCCCCCCCCCCCCN1C=CN(c2ccccc2)C1CCCCCCC. The summed E-state index contributed by atoms with van der Waals surface area (Å²) in [7, 11) is 0. The molecule has 0 radical (unpaired) electrons. The second-order valence-corrected chi connectivity index (χ2v) is 11.3. The minimum absolute atomic E-state index is 0.505. The molecule has 0 N–H and O–H groups in total. The van der Waals surface area contributed by atoms with Crippen LogP contribution in [-0.4, -0.2) is 17.6 Å². The normalized spacial score (nSPS) is 15.3. The Bertz CT molecular complexity index is 625. The smallest absolute Gasteiger partial charge is 0.105 e. The van der Waals surface area contributed by atoms with Crippen molar-refractivity contribution in [3.63, 3.8) is 0 Å². The van der Waals surface area contributed by atoms with Crippen LogP contribution in [0.2, 0.25) is 0 Å². The molecule has 2 heteroatoms. The summed E-state index contributed by atoms with van der Waals surface area (Å²) in [5, 5.41) is 0. The summed E-state index contributed by atoms with van der Waals surface area (Å²) in [5.74, 6) is 0. The maximum atomic E-state index is 2.62. The third-order valence-corrected chi connectivity index (χ3v) is 8.01. The van der Waals surface area contributed by atoms with Crippen LogP contribution in [0.15, 0.2) is 42.7 Å². The van der Waals surface area contributed by atoms with Gasteiger partial charge in [0.15, 0.2) is 0 Å². The van der Waals surface area contributed by atoms with E-state index < -0.39 is 0 Å². The van der Waals surface area contributed by atoms with Crippen molar-refractivity contribution in [1.29, 1.82) is 0 Å². The Hall–Kier alpha value is -1.44. The highest BCUT2D eigenvalue weighted by Crippen LogP contribution is 2.28. The zero-order valence-electron chi connectivity index (χ0n) is 24.3. The number of unbranched alkanes of at least 4 members (excludes halogenated alkanes) is 19. The quantitative estimate of drug-likeness (QED) is 0.131. The van der Waals surface area contributed by atoms with Gasteiger partial charge in [-0.15, -0.1) is 0 Å². The Labute approximate surface area is 225 Å². The highest BCUT2D eigenvalue weighted by atomic mass is 15.4. The molecule has 1 aliphatic rings. The summed E-state index contributed by atoms with van der Waals surface area (Å²) < 4.78 is 0. The predicted octanol–water partition coefficient (Wildman–Crippen LogP) is 11.2. The number of para-hydroxylation sites is 1. The first kappa shape index (κ1) is 30.8. The van der Waals surface area contributed by atoms with Crippen LogP contribution in [0.4, 0.5) is 5.69 Å². The fourth-order valence-corrected chi connectivity index (χ4v) is 5.68. The van der Waals surface area contributed by atoms with Gasteiger partial charge < -0.3 is 9.80 Å². The van der Waals surface area contributed by atoms with E-state index in [2.05, 4.69) is 66.4 Å². The van der Waals surface area contributed by atoms with Crippen molar-refractivity contribution in [2.75, 3.05) is 11.4 Å². The molecule has 206 valence electrons. The molecule has 1 unspecified atom stereocenters. The molecule has 2 rings (SSSR count). The number of nitrogens with zero attached hydrogens (tertiary/aromatic N) is 2. The van der Waals surface area contributed by atoms with Gasteiger partial charge in [0.1, 0.15) is 6.17 Å². The number of rotatable bonds is 24. The average Bonchev–Trinajstić information content (AvgIpc) is 3.31.